The molecule has 0 radical (unpaired) electrons. The maximum absolute atomic E-state index is 11.8. The summed E-state index contributed by atoms with van der Waals surface area (Å²) in [6.07, 6.45) is -0.461. The number of esters is 1. The van der Waals surface area contributed by atoms with Gasteiger partial charge in [0.2, 0.25) is 0 Å². The first-order chi connectivity index (χ1) is 25.3. The molecule has 0 aliphatic heterocycles. The maximum Gasteiger partial charge on any atom is 0.306 e. The lowest BCUT2D eigenvalue weighted by molar-refractivity contribution is -0.148. The molecule has 4 aromatic carbocycles. The van der Waals surface area contributed by atoms with Crippen LogP contribution in [0.5, 0.6) is 11.5 Å². The molecule has 0 atom stereocenters. The number of thiocarbonyl (C=S) groups is 1. The quantitative estimate of drug-likeness (QED) is 0.0541. The van der Waals surface area contributed by atoms with Crippen molar-refractivity contribution in [1.29, 1.82) is 0 Å². The number of nitrogens with zero attached hydrogens (tertiary/aromatic N) is 1. The van der Waals surface area contributed by atoms with Crippen LogP contribution in [-0.4, -0.2) is 41.4 Å². The van der Waals surface area contributed by atoms with E-state index in [2.05, 4.69) is 33.8 Å². The van der Waals surface area contributed by atoms with E-state index in [1.807, 2.05) is 97.1 Å². The number of aliphatic carboxylic acids is 1. The largest absolute Gasteiger partial charge is 0.497 e. The van der Waals surface area contributed by atoms with Crippen molar-refractivity contribution in [1.82, 2.24) is 15.6 Å². The summed E-state index contributed by atoms with van der Waals surface area (Å²) in [5.74, 6) is -0.122. The number of methoxy groups -OCH3 is 2. The zero-order valence-electron chi connectivity index (χ0n) is 29.0. The van der Waals surface area contributed by atoms with Crippen LogP contribution in [0.25, 0.3) is 0 Å². The smallest absolute Gasteiger partial charge is 0.306 e. The molecule has 1 heterocycles. The molecule has 11 heteroatoms. The van der Waals surface area contributed by atoms with Gasteiger partial charge in [-0.15, -0.1) is 0 Å². The Bertz CT molecular complexity index is 1890. The van der Waals surface area contributed by atoms with E-state index >= 15 is 0 Å². The Hall–Kier alpha value is -5.78. The van der Waals surface area contributed by atoms with Crippen LogP contribution < -0.4 is 20.1 Å². The third kappa shape index (κ3) is 10.1. The van der Waals surface area contributed by atoms with Gasteiger partial charge in [0.05, 0.1) is 51.6 Å². The van der Waals surface area contributed by atoms with E-state index < -0.39 is 17.5 Å². The molecule has 268 valence electrons. The number of hydrogen-bond donors (Lipinski definition) is 3. The Morgan fingerprint density at radius 2 is 1.25 bits per heavy atom. The lowest BCUT2D eigenvalue weighted by atomic mass is 9.80. The molecule has 0 unspecified atom stereocenters. The Labute approximate surface area is 308 Å². The zero-order valence-corrected chi connectivity index (χ0v) is 29.9. The highest BCUT2D eigenvalue weighted by atomic mass is 32.1. The van der Waals surface area contributed by atoms with Crippen LogP contribution in [-0.2, 0) is 51.0 Å². The van der Waals surface area contributed by atoms with Crippen molar-refractivity contribution in [2.24, 2.45) is 0 Å². The maximum atomic E-state index is 11.8. The van der Waals surface area contributed by atoms with Gasteiger partial charge >= 0.3 is 11.9 Å². The number of pyridine rings is 1. The first kappa shape index (κ1) is 37.5. The molecule has 0 spiro atoms. The van der Waals surface area contributed by atoms with Crippen LogP contribution in [0.1, 0.15) is 52.0 Å². The molecular formula is C41H41N3O7S. The average Bonchev–Trinajstić information content (AvgIpc) is 3.19. The van der Waals surface area contributed by atoms with Crippen molar-refractivity contribution < 1.29 is 33.6 Å². The van der Waals surface area contributed by atoms with Crippen LogP contribution in [0.4, 0.5) is 0 Å². The predicted molar refractivity (Wildman–Crippen MR) is 201 cm³/mol. The third-order valence-corrected chi connectivity index (χ3v) is 8.58. The molecule has 3 N–H and O–H groups in total. The lowest BCUT2D eigenvalue weighted by Crippen LogP contribution is -2.34. The molecule has 5 rings (SSSR count). The highest BCUT2D eigenvalue weighted by molar-refractivity contribution is 7.80. The van der Waals surface area contributed by atoms with Crippen molar-refractivity contribution >= 4 is 29.3 Å². The predicted octanol–water partition coefficient (Wildman–Crippen LogP) is 6.68. The number of carboxylic acids is 1. The highest BCUT2D eigenvalue weighted by Crippen LogP contribution is 2.42. The van der Waals surface area contributed by atoms with Crippen molar-refractivity contribution in [2.75, 3.05) is 14.2 Å². The second-order valence-corrected chi connectivity index (χ2v) is 12.2. The number of hydrogen-bond acceptors (Lipinski definition) is 8. The zero-order chi connectivity index (χ0) is 36.8. The summed E-state index contributed by atoms with van der Waals surface area (Å²) >= 11 is 5.54. The number of carbonyl (C=O) groups excluding carboxylic acids is 1. The van der Waals surface area contributed by atoms with Gasteiger partial charge < -0.3 is 34.7 Å². The third-order valence-electron chi connectivity index (χ3n) is 8.29. The van der Waals surface area contributed by atoms with E-state index in [0.29, 0.717) is 36.2 Å². The first-order valence-electron chi connectivity index (χ1n) is 16.7. The number of carbonyl (C=O) groups is 2. The Kier molecular flexibility index (Phi) is 13.3. The minimum Gasteiger partial charge on any atom is -0.497 e. The van der Waals surface area contributed by atoms with Crippen molar-refractivity contribution in [3.05, 3.63) is 161 Å². The van der Waals surface area contributed by atoms with E-state index in [1.165, 1.54) is 0 Å². The number of nitrogens with one attached hydrogen (secondary N) is 2. The highest BCUT2D eigenvalue weighted by Gasteiger charge is 2.38. The fourth-order valence-electron chi connectivity index (χ4n) is 5.65. The van der Waals surface area contributed by atoms with Gasteiger partial charge in [0.25, 0.3) is 0 Å². The summed E-state index contributed by atoms with van der Waals surface area (Å²) in [5.41, 5.74) is 5.23. The summed E-state index contributed by atoms with van der Waals surface area (Å²) in [6, 6.07) is 39.7. The van der Waals surface area contributed by atoms with Gasteiger partial charge in [-0.2, -0.15) is 0 Å². The molecule has 0 fully saturated rings. The first-order valence-corrected chi connectivity index (χ1v) is 17.1. The molecule has 0 saturated carbocycles. The van der Waals surface area contributed by atoms with Crippen molar-refractivity contribution in [3.8, 4) is 11.5 Å². The average molecular weight is 720 g/mol. The second kappa shape index (κ2) is 18.5. The topological polar surface area (TPSA) is 128 Å². The van der Waals surface area contributed by atoms with E-state index in [1.54, 1.807) is 20.3 Å². The molecule has 0 amide bonds. The molecule has 0 bridgehead atoms. The number of benzene rings is 4. The minimum atomic E-state index is -1.05. The number of ether oxygens (including phenoxy) is 4. The number of carboxylic acid groups (broad SMARTS) is 1. The van der Waals surface area contributed by atoms with E-state index in [-0.39, 0.29) is 19.4 Å². The molecule has 1 aromatic heterocycles. The number of rotatable bonds is 17. The summed E-state index contributed by atoms with van der Waals surface area (Å²) in [4.78, 5) is 26.9. The van der Waals surface area contributed by atoms with Crippen LogP contribution >= 0.6 is 12.2 Å². The molecule has 0 saturated heterocycles. The fraction of sp³-hybridized carbons (Fsp3) is 0.220. The van der Waals surface area contributed by atoms with Gasteiger partial charge in [0, 0.05) is 6.54 Å². The van der Waals surface area contributed by atoms with Crippen LogP contribution in [0.15, 0.2) is 121 Å². The van der Waals surface area contributed by atoms with E-state index in [4.69, 9.17) is 36.3 Å². The molecular weight excluding hydrogens is 679 g/mol. The minimum absolute atomic E-state index is 0.0400. The normalized spacial score (nSPS) is 11.0. The van der Waals surface area contributed by atoms with Gasteiger partial charge in [0.15, 0.2) is 5.11 Å². The SMILES string of the molecule is COc1ccc(C(OCc2cccc(CNC(=S)NCc3cccc(COC(=O)CCC(=O)O)n3)c2)(c2ccccc2)c2ccc(OC)cc2)cc1. The molecule has 10 nitrogen and oxygen atoms in total. The van der Waals surface area contributed by atoms with Crippen LogP contribution in [0.3, 0.4) is 0 Å². The Morgan fingerprint density at radius 3 is 1.88 bits per heavy atom. The summed E-state index contributed by atoms with van der Waals surface area (Å²) in [7, 11) is 3.30. The van der Waals surface area contributed by atoms with Gasteiger partial charge in [-0.25, -0.2) is 0 Å². The summed E-state index contributed by atoms with van der Waals surface area (Å²) < 4.78 is 23.1. The van der Waals surface area contributed by atoms with Gasteiger partial charge in [-0.3, -0.25) is 14.6 Å². The molecule has 0 aliphatic carbocycles. The van der Waals surface area contributed by atoms with Crippen LogP contribution in [0, 0.1) is 0 Å². The van der Waals surface area contributed by atoms with E-state index in [9.17, 15) is 9.59 Å². The second-order valence-electron chi connectivity index (χ2n) is 11.8. The van der Waals surface area contributed by atoms with Gasteiger partial charge in [-0.05, 0) is 76.4 Å². The molecule has 52 heavy (non-hydrogen) atoms. The van der Waals surface area contributed by atoms with Crippen molar-refractivity contribution in [3.63, 3.8) is 0 Å². The molecule has 5 aromatic rings. The van der Waals surface area contributed by atoms with Crippen molar-refractivity contribution in [2.45, 2.75) is 44.7 Å². The summed E-state index contributed by atoms with van der Waals surface area (Å²) in [6.45, 7) is 1.13. The Balaban J connectivity index is 1.25. The fourth-order valence-corrected chi connectivity index (χ4v) is 5.80. The monoisotopic (exact) mass is 719 g/mol. The summed E-state index contributed by atoms with van der Waals surface area (Å²) in [5, 5.41) is 15.6. The van der Waals surface area contributed by atoms with Gasteiger partial charge in [0.1, 0.15) is 23.7 Å². The van der Waals surface area contributed by atoms with Crippen LogP contribution in [0.2, 0.25) is 0 Å². The number of aromatic nitrogens is 1. The Morgan fingerprint density at radius 1 is 0.673 bits per heavy atom. The van der Waals surface area contributed by atoms with Gasteiger partial charge in [-0.1, -0.05) is 84.9 Å². The molecule has 0 aliphatic rings. The van der Waals surface area contributed by atoms with E-state index in [0.717, 1.165) is 39.3 Å². The lowest BCUT2D eigenvalue weighted by Gasteiger charge is -2.36. The standard InChI is InChI=1S/C41H41N3O7S/c1-48-36-18-14-32(15-19-36)41(31-10-4-3-5-11-31,33-16-20-37(49-2)21-17-33)51-27-30-9-6-8-29(24-30)25-42-40(52)43-26-34-12-7-13-35(44-34)28-50-39(47)23-22-38(45)46/h3-21,24H,22-23,25-28H2,1-2H3,(H,45,46)(H2,42,43,52).